The predicted octanol–water partition coefficient (Wildman–Crippen LogP) is 5.31. The first-order chi connectivity index (χ1) is 16.0. The first-order valence-electron chi connectivity index (χ1n) is 10.4. The average Bonchev–Trinajstić information content (AvgIpc) is 2.82. The second-order valence-corrected chi connectivity index (χ2v) is 8.40. The van der Waals surface area contributed by atoms with Crippen LogP contribution in [0.5, 0.6) is 0 Å². The molecule has 0 aliphatic heterocycles. The van der Waals surface area contributed by atoms with Crippen LogP contribution in [-0.4, -0.2) is 21.8 Å². The van der Waals surface area contributed by atoms with Crippen molar-refractivity contribution in [2.24, 2.45) is 5.73 Å². The van der Waals surface area contributed by atoms with Crippen LogP contribution in [0.25, 0.3) is 10.9 Å². The first-order valence-corrected chi connectivity index (χ1v) is 11.2. The molecule has 0 saturated heterocycles. The van der Waals surface area contributed by atoms with Crippen LogP contribution < -0.4 is 16.4 Å². The van der Waals surface area contributed by atoms with E-state index in [0.717, 1.165) is 16.5 Å². The quantitative estimate of drug-likeness (QED) is 0.316. The monoisotopic (exact) mass is 503 g/mol. The molecule has 1 aromatic heterocycles. The van der Waals surface area contributed by atoms with E-state index in [1.54, 1.807) is 24.3 Å². The van der Waals surface area contributed by atoms with Crippen LogP contribution in [0.2, 0.25) is 0 Å². The van der Waals surface area contributed by atoms with Gasteiger partial charge in [-0.05, 0) is 60.5 Å². The van der Waals surface area contributed by atoms with Crippen molar-refractivity contribution in [1.82, 2.24) is 9.97 Å². The van der Waals surface area contributed by atoms with Crippen LogP contribution >= 0.6 is 15.9 Å². The average molecular weight is 504 g/mol. The standard InChI is InChI=1S/C25H22BrN5O2/c1-2-21(31-24-20-8-4-7-19(23(27)32)22(20)28-14-29-24)16-5-3-6-18(13-16)30-25(33)15-9-11-17(26)12-10-15/h3-14,21H,2H2,1H3,(H2,27,32)(H,30,33)(H,28,29,31). The fourth-order valence-electron chi connectivity index (χ4n) is 3.63. The van der Waals surface area contributed by atoms with E-state index >= 15 is 0 Å². The molecule has 166 valence electrons. The smallest absolute Gasteiger partial charge is 0.255 e. The summed E-state index contributed by atoms with van der Waals surface area (Å²) >= 11 is 3.38. The summed E-state index contributed by atoms with van der Waals surface area (Å²) in [5, 5.41) is 7.12. The highest BCUT2D eigenvalue weighted by atomic mass is 79.9. The lowest BCUT2D eigenvalue weighted by atomic mass is 10.0. The number of primary amides is 1. The van der Waals surface area contributed by atoms with Gasteiger partial charge >= 0.3 is 0 Å². The Labute approximate surface area is 199 Å². The first kappa shape index (κ1) is 22.4. The normalized spacial score (nSPS) is 11.7. The fraction of sp³-hybridized carbons (Fsp3) is 0.120. The van der Waals surface area contributed by atoms with Crippen molar-refractivity contribution < 1.29 is 9.59 Å². The molecule has 1 heterocycles. The van der Waals surface area contributed by atoms with Gasteiger partial charge in [-0.25, -0.2) is 9.97 Å². The van der Waals surface area contributed by atoms with Gasteiger partial charge in [0.15, 0.2) is 0 Å². The maximum atomic E-state index is 12.6. The van der Waals surface area contributed by atoms with Crippen LogP contribution in [0.15, 0.2) is 77.5 Å². The van der Waals surface area contributed by atoms with E-state index < -0.39 is 5.91 Å². The lowest BCUT2D eigenvalue weighted by Gasteiger charge is -2.20. The van der Waals surface area contributed by atoms with E-state index in [-0.39, 0.29) is 11.9 Å². The van der Waals surface area contributed by atoms with E-state index in [9.17, 15) is 9.59 Å². The van der Waals surface area contributed by atoms with Gasteiger partial charge in [-0.1, -0.05) is 41.1 Å². The molecule has 4 N–H and O–H groups in total. The summed E-state index contributed by atoms with van der Waals surface area (Å²) in [4.78, 5) is 33.0. The van der Waals surface area contributed by atoms with Gasteiger partial charge in [-0.2, -0.15) is 0 Å². The number of nitrogens with one attached hydrogen (secondary N) is 2. The molecule has 0 radical (unpaired) electrons. The topological polar surface area (TPSA) is 110 Å². The Hall–Kier alpha value is -3.78. The SMILES string of the molecule is CCC(Nc1ncnc2c(C(N)=O)cccc12)c1cccc(NC(=O)c2ccc(Br)cc2)c1. The summed E-state index contributed by atoms with van der Waals surface area (Å²) < 4.78 is 0.915. The number of benzene rings is 3. The van der Waals surface area contributed by atoms with Crippen LogP contribution in [0.3, 0.4) is 0 Å². The number of hydrogen-bond donors (Lipinski definition) is 3. The molecule has 7 nitrogen and oxygen atoms in total. The van der Waals surface area contributed by atoms with Crippen molar-refractivity contribution in [3.8, 4) is 0 Å². The predicted molar refractivity (Wildman–Crippen MR) is 133 cm³/mol. The van der Waals surface area contributed by atoms with Crippen molar-refractivity contribution in [3.63, 3.8) is 0 Å². The maximum Gasteiger partial charge on any atom is 0.255 e. The highest BCUT2D eigenvalue weighted by Crippen LogP contribution is 2.28. The van der Waals surface area contributed by atoms with Crippen LogP contribution in [0, 0.1) is 0 Å². The molecule has 0 aliphatic rings. The Kier molecular flexibility index (Phi) is 6.65. The van der Waals surface area contributed by atoms with Gasteiger partial charge in [0.1, 0.15) is 12.1 Å². The van der Waals surface area contributed by atoms with Crippen LogP contribution in [0.4, 0.5) is 11.5 Å². The summed E-state index contributed by atoms with van der Waals surface area (Å²) in [6.45, 7) is 2.06. The summed E-state index contributed by atoms with van der Waals surface area (Å²) in [5.41, 5.74) is 8.62. The highest BCUT2D eigenvalue weighted by molar-refractivity contribution is 9.10. The number of amides is 2. The van der Waals surface area contributed by atoms with Crippen LogP contribution in [-0.2, 0) is 0 Å². The van der Waals surface area contributed by atoms with Crippen molar-refractivity contribution in [2.75, 3.05) is 10.6 Å². The number of carbonyl (C=O) groups is 2. The molecule has 0 bridgehead atoms. The Balaban J connectivity index is 1.59. The number of halogens is 1. The number of nitrogens with two attached hydrogens (primary N) is 1. The summed E-state index contributed by atoms with van der Waals surface area (Å²) in [6, 6.07) is 20.1. The zero-order valence-corrected chi connectivity index (χ0v) is 19.5. The number of anilines is 2. The Morgan fingerprint density at radius 2 is 1.79 bits per heavy atom. The molecule has 3 aromatic carbocycles. The molecule has 0 fully saturated rings. The van der Waals surface area contributed by atoms with E-state index in [2.05, 4.69) is 43.5 Å². The molecule has 0 aliphatic carbocycles. The van der Waals surface area contributed by atoms with Crippen LogP contribution in [0.1, 0.15) is 45.7 Å². The molecular formula is C25H22BrN5O2. The van der Waals surface area contributed by atoms with Crippen molar-refractivity contribution in [2.45, 2.75) is 19.4 Å². The number of fused-ring (bicyclic) bond motifs is 1. The minimum absolute atomic E-state index is 0.0788. The van der Waals surface area contributed by atoms with Gasteiger partial charge < -0.3 is 16.4 Å². The van der Waals surface area contributed by atoms with E-state index in [1.807, 2.05) is 42.5 Å². The molecule has 0 spiro atoms. The van der Waals surface area contributed by atoms with Gasteiger partial charge in [0.25, 0.3) is 11.8 Å². The number of hydrogen-bond acceptors (Lipinski definition) is 5. The number of para-hydroxylation sites is 1. The molecule has 1 unspecified atom stereocenters. The Morgan fingerprint density at radius 1 is 1.03 bits per heavy atom. The molecule has 2 amide bonds. The second kappa shape index (κ2) is 9.79. The zero-order valence-electron chi connectivity index (χ0n) is 17.9. The molecule has 4 aromatic rings. The minimum Gasteiger partial charge on any atom is -0.366 e. The molecule has 0 saturated carbocycles. The molecule has 33 heavy (non-hydrogen) atoms. The van der Waals surface area contributed by atoms with Gasteiger partial charge in [0.2, 0.25) is 0 Å². The van der Waals surface area contributed by atoms with E-state index in [0.29, 0.717) is 33.5 Å². The summed E-state index contributed by atoms with van der Waals surface area (Å²) in [6.07, 6.45) is 2.18. The molecule has 4 rings (SSSR count). The van der Waals surface area contributed by atoms with Crippen molar-refractivity contribution in [1.29, 1.82) is 0 Å². The number of rotatable bonds is 7. The third kappa shape index (κ3) is 5.01. The van der Waals surface area contributed by atoms with Gasteiger partial charge in [-0.3, -0.25) is 9.59 Å². The maximum absolute atomic E-state index is 12.6. The Bertz CT molecular complexity index is 1320. The minimum atomic E-state index is -0.536. The Morgan fingerprint density at radius 3 is 2.52 bits per heavy atom. The number of nitrogens with zero attached hydrogens (tertiary/aromatic N) is 2. The third-order valence-electron chi connectivity index (χ3n) is 5.30. The molecule has 1 atom stereocenters. The van der Waals surface area contributed by atoms with E-state index in [4.69, 9.17) is 5.73 Å². The van der Waals surface area contributed by atoms with E-state index in [1.165, 1.54) is 6.33 Å². The third-order valence-corrected chi connectivity index (χ3v) is 5.83. The highest BCUT2D eigenvalue weighted by Gasteiger charge is 2.16. The second-order valence-electron chi connectivity index (χ2n) is 7.48. The molecule has 8 heteroatoms. The lowest BCUT2D eigenvalue weighted by molar-refractivity contribution is 0.0998. The fourth-order valence-corrected chi connectivity index (χ4v) is 3.89. The molecular weight excluding hydrogens is 482 g/mol. The lowest BCUT2D eigenvalue weighted by Crippen LogP contribution is -2.15. The largest absolute Gasteiger partial charge is 0.366 e. The number of aromatic nitrogens is 2. The number of carbonyl (C=O) groups excluding carboxylic acids is 2. The van der Waals surface area contributed by atoms with Gasteiger partial charge in [0, 0.05) is 21.1 Å². The van der Waals surface area contributed by atoms with Gasteiger partial charge in [-0.15, -0.1) is 0 Å². The zero-order chi connectivity index (χ0) is 23.4. The summed E-state index contributed by atoms with van der Waals surface area (Å²) in [5.74, 6) is -0.104. The van der Waals surface area contributed by atoms with Crippen molar-refractivity contribution >= 4 is 50.2 Å². The van der Waals surface area contributed by atoms with Gasteiger partial charge in [0.05, 0.1) is 17.1 Å². The summed E-state index contributed by atoms with van der Waals surface area (Å²) in [7, 11) is 0. The van der Waals surface area contributed by atoms with Crippen molar-refractivity contribution in [3.05, 3.63) is 94.2 Å².